The number of anilines is 1. The Morgan fingerprint density at radius 1 is 1.60 bits per heavy atom. The molecule has 0 amide bonds. The standard InChI is InChI=1S/C12H18N2O/c1-9-6-12(11(8-15)7-13-9)14-5-3-4-10(14)2/h6-7,10,15H,3-5,8H2,1-2H3. The van der Waals surface area contributed by atoms with Crippen molar-refractivity contribution in [2.24, 2.45) is 0 Å². The van der Waals surface area contributed by atoms with Crippen molar-refractivity contribution >= 4 is 5.69 Å². The van der Waals surface area contributed by atoms with Gasteiger partial charge in [-0.05, 0) is 32.8 Å². The molecule has 1 N–H and O–H groups in total. The Labute approximate surface area is 90.8 Å². The van der Waals surface area contributed by atoms with Crippen LogP contribution in [0, 0.1) is 6.92 Å². The van der Waals surface area contributed by atoms with Crippen LogP contribution in [0.4, 0.5) is 5.69 Å². The molecule has 1 aromatic rings. The highest BCUT2D eigenvalue weighted by Gasteiger charge is 2.22. The molecule has 1 aromatic heterocycles. The van der Waals surface area contributed by atoms with E-state index >= 15 is 0 Å². The van der Waals surface area contributed by atoms with Gasteiger partial charge in [0.1, 0.15) is 0 Å². The van der Waals surface area contributed by atoms with Gasteiger partial charge in [0.15, 0.2) is 0 Å². The minimum atomic E-state index is 0.0752. The van der Waals surface area contributed by atoms with E-state index in [1.165, 1.54) is 12.8 Å². The Balaban J connectivity index is 2.36. The highest BCUT2D eigenvalue weighted by Crippen LogP contribution is 2.28. The number of aliphatic hydroxyl groups is 1. The Morgan fingerprint density at radius 3 is 3.00 bits per heavy atom. The number of hydrogen-bond donors (Lipinski definition) is 1. The van der Waals surface area contributed by atoms with E-state index in [1.807, 2.05) is 6.92 Å². The van der Waals surface area contributed by atoms with E-state index < -0.39 is 0 Å². The smallest absolute Gasteiger partial charge is 0.0717 e. The number of aryl methyl sites for hydroxylation is 1. The first-order chi connectivity index (χ1) is 7.22. The minimum absolute atomic E-state index is 0.0752. The first-order valence-electron chi connectivity index (χ1n) is 5.55. The number of aromatic nitrogens is 1. The number of hydrogen-bond acceptors (Lipinski definition) is 3. The Hall–Kier alpha value is -1.09. The molecule has 0 spiro atoms. The normalized spacial score (nSPS) is 21.0. The van der Waals surface area contributed by atoms with Crippen LogP contribution >= 0.6 is 0 Å². The van der Waals surface area contributed by atoms with Crippen molar-refractivity contribution in [3.05, 3.63) is 23.5 Å². The monoisotopic (exact) mass is 206 g/mol. The van der Waals surface area contributed by atoms with Crippen LogP contribution in [0.5, 0.6) is 0 Å². The molecular weight excluding hydrogens is 188 g/mol. The molecule has 1 aliphatic rings. The molecule has 1 unspecified atom stereocenters. The third kappa shape index (κ3) is 1.97. The van der Waals surface area contributed by atoms with Crippen LogP contribution in [-0.2, 0) is 6.61 Å². The van der Waals surface area contributed by atoms with Gasteiger partial charge in [-0.25, -0.2) is 0 Å². The lowest BCUT2D eigenvalue weighted by Gasteiger charge is -2.26. The Kier molecular flexibility index (Phi) is 2.91. The van der Waals surface area contributed by atoms with Crippen molar-refractivity contribution in [2.75, 3.05) is 11.4 Å². The predicted molar refractivity (Wildman–Crippen MR) is 60.9 cm³/mol. The van der Waals surface area contributed by atoms with Crippen molar-refractivity contribution in [1.82, 2.24) is 4.98 Å². The molecule has 1 saturated heterocycles. The molecule has 0 saturated carbocycles. The van der Waals surface area contributed by atoms with E-state index in [2.05, 4.69) is 22.9 Å². The fraction of sp³-hybridized carbons (Fsp3) is 0.583. The van der Waals surface area contributed by atoms with Crippen LogP contribution in [0.15, 0.2) is 12.3 Å². The first-order valence-corrected chi connectivity index (χ1v) is 5.55. The predicted octanol–water partition coefficient (Wildman–Crippen LogP) is 1.87. The van der Waals surface area contributed by atoms with E-state index in [4.69, 9.17) is 0 Å². The number of pyridine rings is 1. The van der Waals surface area contributed by atoms with Crippen LogP contribution < -0.4 is 4.90 Å². The molecule has 1 fully saturated rings. The lowest BCUT2D eigenvalue weighted by molar-refractivity contribution is 0.281. The summed E-state index contributed by atoms with van der Waals surface area (Å²) in [5.41, 5.74) is 3.12. The first kappa shape index (κ1) is 10.4. The summed E-state index contributed by atoms with van der Waals surface area (Å²) in [5.74, 6) is 0. The molecule has 0 aliphatic carbocycles. The largest absolute Gasteiger partial charge is 0.392 e. The molecule has 1 atom stereocenters. The van der Waals surface area contributed by atoms with Gasteiger partial charge in [-0.3, -0.25) is 4.98 Å². The molecule has 3 nitrogen and oxygen atoms in total. The highest BCUT2D eigenvalue weighted by atomic mass is 16.3. The van der Waals surface area contributed by atoms with Crippen LogP contribution in [0.1, 0.15) is 31.0 Å². The third-order valence-corrected chi connectivity index (χ3v) is 3.13. The maximum Gasteiger partial charge on any atom is 0.0717 e. The maximum absolute atomic E-state index is 9.29. The van der Waals surface area contributed by atoms with Gasteiger partial charge in [0.25, 0.3) is 0 Å². The second-order valence-electron chi connectivity index (χ2n) is 4.30. The molecular formula is C12H18N2O. The topological polar surface area (TPSA) is 36.4 Å². The SMILES string of the molecule is Cc1cc(N2CCCC2C)c(CO)cn1. The van der Waals surface area contributed by atoms with Crippen LogP contribution in [0.2, 0.25) is 0 Å². The zero-order chi connectivity index (χ0) is 10.8. The lowest BCUT2D eigenvalue weighted by Crippen LogP contribution is -2.27. The van der Waals surface area contributed by atoms with Gasteiger partial charge in [-0.15, -0.1) is 0 Å². The summed E-state index contributed by atoms with van der Waals surface area (Å²) in [4.78, 5) is 6.60. The minimum Gasteiger partial charge on any atom is -0.392 e. The molecule has 82 valence electrons. The molecule has 15 heavy (non-hydrogen) atoms. The van der Waals surface area contributed by atoms with Gasteiger partial charge >= 0.3 is 0 Å². The molecule has 3 heteroatoms. The highest BCUT2D eigenvalue weighted by molar-refractivity contribution is 5.54. The summed E-state index contributed by atoms with van der Waals surface area (Å²) >= 11 is 0. The summed E-state index contributed by atoms with van der Waals surface area (Å²) in [7, 11) is 0. The van der Waals surface area contributed by atoms with Crippen LogP contribution in [0.25, 0.3) is 0 Å². The molecule has 0 radical (unpaired) electrons. The summed E-state index contributed by atoms with van der Waals surface area (Å²) in [6, 6.07) is 2.66. The summed E-state index contributed by atoms with van der Waals surface area (Å²) < 4.78 is 0. The van der Waals surface area contributed by atoms with Crippen molar-refractivity contribution in [3.63, 3.8) is 0 Å². The van der Waals surface area contributed by atoms with Crippen LogP contribution in [0.3, 0.4) is 0 Å². The summed E-state index contributed by atoms with van der Waals surface area (Å²) in [6.07, 6.45) is 4.27. The third-order valence-electron chi connectivity index (χ3n) is 3.13. The summed E-state index contributed by atoms with van der Waals surface area (Å²) in [5, 5.41) is 9.29. The van der Waals surface area contributed by atoms with Gasteiger partial charge in [-0.2, -0.15) is 0 Å². The fourth-order valence-electron chi connectivity index (χ4n) is 2.25. The molecule has 2 heterocycles. The average Bonchev–Trinajstić information content (AvgIpc) is 2.64. The van der Waals surface area contributed by atoms with E-state index in [0.717, 1.165) is 23.5 Å². The van der Waals surface area contributed by atoms with Gasteiger partial charge in [0.05, 0.1) is 6.61 Å². The fourth-order valence-corrected chi connectivity index (χ4v) is 2.25. The maximum atomic E-state index is 9.29. The summed E-state index contributed by atoms with van der Waals surface area (Å²) in [6.45, 7) is 5.40. The van der Waals surface area contributed by atoms with Gasteiger partial charge in [0.2, 0.25) is 0 Å². The van der Waals surface area contributed by atoms with E-state index in [9.17, 15) is 5.11 Å². The van der Waals surface area contributed by atoms with Crippen molar-refractivity contribution < 1.29 is 5.11 Å². The quantitative estimate of drug-likeness (QED) is 0.802. The Bertz CT molecular complexity index is 351. The lowest BCUT2D eigenvalue weighted by atomic mass is 10.1. The molecule has 2 rings (SSSR count). The zero-order valence-electron chi connectivity index (χ0n) is 9.40. The van der Waals surface area contributed by atoms with Gasteiger partial charge < -0.3 is 10.0 Å². The van der Waals surface area contributed by atoms with Crippen molar-refractivity contribution in [2.45, 2.75) is 39.3 Å². The zero-order valence-corrected chi connectivity index (χ0v) is 9.40. The van der Waals surface area contributed by atoms with Gasteiger partial charge in [0, 0.05) is 35.7 Å². The molecule has 1 aliphatic heterocycles. The van der Waals surface area contributed by atoms with Crippen molar-refractivity contribution in [3.8, 4) is 0 Å². The number of nitrogens with zero attached hydrogens (tertiary/aromatic N) is 2. The van der Waals surface area contributed by atoms with Crippen LogP contribution in [-0.4, -0.2) is 22.7 Å². The average molecular weight is 206 g/mol. The van der Waals surface area contributed by atoms with E-state index in [-0.39, 0.29) is 6.61 Å². The molecule has 0 aromatic carbocycles. The second kappa shape index (κ2) is 4.19. The number of rotatable bonds is 2. The number of aliphatic hydroxyl groups excluding tert-OH is 1. The Morgan fingerprint density at radius 2 is 2.40 bits per heavy atom. The molecule has 0 bridgehead atoms. The van der Waals surface area contributed by atoms with Crippen molar-refractivity contribution in [1.29, 1.82) is 0 Å². The van der Waals surface area contributed by atoms with Gasteiger partial charge in [-0.1, -0.05) is 0 Å². The second-order valence-corrected chi connectivity index (χ2v) is 4.30. The van der Waals surface area contributed by atoms with E-state index in [1.54, 1.807) is 6.20 Å². The van der Waals surface area contributed by atoms with E-state index in [0.29, 0.717) is 6.04 Å².